The van der Waals surface area contributed by atoms with Gasteiger partial charge in [-0.25, -0.2) is 17.9 Å². The number of hydrogen-bond acceptors (Lipinski definition) is 6. The van der Waals surface area contributed by atoms with Crippen LogP contribution in [0.2, 0.25) is 0 Å². The molecule has 2 amide bonds. The molecule has 3 rings (SSSR count). The second-order valence-corrected chi connectivity index (χ2v) is 10.3. The predicted octanol–water partition coefficient (Wildman–Crippen LogP) is 3.01. The number of amides is 2. The van der Waals surface area contributed by atoms with Crippen molar-refractivity contribution in [3.05, 3.63) is 47.3 Å². The number of pyridine rings is 1. The molecule has 34 heavy (non-hydrogen) atoms. The third kappa shape index (κ3) is 6.68. The van der Waals surface area contributed by atoms with Gasteiger partial charge in [0.2, 0.25) is 10.0 Å². The molecular weight excluding hydrogens is 454 g/mol. The lowest BCUT2D eigenvalue weighted by Gasteiger charge is -2.33. The molecule has 10 heteroatoms. The number of likely N-dealkylation sites (tertiary alicyclic amines) is 1. The summed E-state index contributed by atoms with van der Waals surface area (Å²) in [4.78, 5) is 19.0. The molecule has 9 nitrogen and oxygen atoms in total. The van der Waals surface area contributed by atoms with Crippen molar-refractivity contribution in [1.82, 2.24) is 19.9 Å². The molecule has 1 aliphatic heterocycles. The molecule has 2 aromatic rings. The number of nitrogens with one attached hydrogen (secondary N) is 3. The lowest BCUT2D eigenvalue weighted by Crippen LogP contribution is -2.40. The van der Waals surface area contributed by atoms with E-state index in [1.54, 1.807) is 19.1 Å². The number of ether oxygens (including phenoxy) is 1. The van der Waals surface area contributed by atoms with Crippen LogP contribution in [0.5, 0.6) is 5.75 Å². The molecule has 1 fully saturated rings. The molecule has 2 heterocycles. The molecular formula is C24H35N5O4S. The number of carbonyl (C=O) groups excluding carboxylic acids is 1. The zero-order chi connectivity index (χ0) is 24.7. The number of rotatable bonds is 9. The van der Waals surface area contributed by atoms with Crippen LogP contribution in [0.1, 0.15) is 42.6 Å². The van der Waals surface area contributed by atoms with Crippen LogP contribution in [0.15, 0.2) is 35.2 Å². The van der Waals surface area contributed by atoms with E-state index >= 15 is 0 Å². The summed E-state index contributed by atoms with van der Waals surface area (Å²) in [5.41, 5.74) is 3.39. The number of sulfonamides is 1. The zero-order valence-corrected chi connectivity index (χ0v) is 21.2. The molecule has 0 unspecified atom stereocenters. The van der Waals surface area contributed by atoms with E-state index in [0.717, 1.165) is 55.1 Å². The van der Waals surface area contributed by atoms with Crippen LogP contribution in [-0.2, 0) is 10.0 Å². The molecule has 0 bridgehead atoms. The van der Waals surface area contributed by atoms with Crippen molar-refractivity contribution in [2.75, 3.05) is 45.2 Å². The first-order valence-electron chi connectivity index (χ1n) is 11.6. The van der Waals surface area contributed by atoms with Crippen LogP contribution >= 0.6 is 0 Å². The number of methoxy groups -OCH3 is 1. The van der Waals surface area contributed by atoms with Gasteiger partial charge in [0.15, 0.2) is 0 Å². The van der Waals surface area contributed by atoms with E-state index in [1.807, 2.05) is 32.0 Å². The highest BCUT2D eigenvalue weighted by Crippen LogP contribution is 2.37. The van der Waals surface area contributed by atoms with Gasteiger partial charge in [-0.2, -0.15) is 0 Å². The number of nitrogens with zero attached hydrogens (tertiary/aromatic N) is 2. The molecule has 0 radical (unpaired) electrons. The quantitative estimate of drug-likeness (QED) is 0.499. The molecule has 0 aliphatic carbocycles. The van der Waals surface area contributed by atoms with E-state index in [9.17, 15) is 13.2 Å². The van der Waals surface area contributed by atoms with Gasteiger partial charge in [0.1, 0.15) is 10.6 Å². The second-order valence-electron chi connectivity index (χ2n) is 8.52. The molecule has 186 valence electrons. The number of anilines is 1. The highest BCUT2D eigenvalue weighted by molar-refractivity contribution is 7.89. The average Bonchev–Trinajstić information content (AvgIpc) is 2.78. The molecule has 1 aromatic heterocycles. The van der Waals surface area contributed by atoms with Gasteiger partial charge in [-0.3, -0.25) is 4.98 Å². The van der Waals surface area contributed by atoms with Gasteiger partial charge in [0.25, 0.3) is 0 Å². The molecule has 1 aromatic carbocycles. The number of benzene rings is 1. The first-order chi connectivity index (χ1) is 16.2. The van der Waals surface area contributed by atoms with Crippen molar-refractivity contribution in [3.8, 4) is 5.75 Å². The molecule has 1 aliphatic rings. The Balaban J connectivity index is 1.51. The second kappa shape index (κ2) is 11.6. The fraction of sp³-hybridized carbons (Fsp3) is 0.500. The Morgan fingerprint density at radius 1 is 1.18 bits per heavy atom. The van der Waals surface area contributed by atoms with E-state index in [1.165, 1.54) is 7.11 Å². The number of carbonyl (C=O) groups is 1. The SMILES string of the molecule is CCNS(=O)(=O)c1cccc(C2CCN(CCNC(=O)Nc3cc(C)nc(C)c3)CC2)c1OC. The van der Waals surface area contributed by atoms with Crippen LogP contribution in [0, 0.1) is 13.8 Å². The monoisotopic (exact) mass is 489 g/mol. The topological polar surface area (TPSA) is 113 Å². The Kier molecular flexibility index (Phi) is 8.87. The van der Waals surface area contributed by atoms with Crippen LogP contribution in [0.3, 0.4) is 0 Å². The third-order valence-electron chi connectivity index (χ3n) is 5.92. The van der Waals surface area contributed by atoms with Gasteiger partial charge in [0, 0.05) is 36.7 Å². The smallest absolute Gasteiger partial charge is 0.319 e. The first-order valence-corrected chi connectivity index (χ1v) is 13.1. The molecule has 0 spiro atoms. The minimum absolute atomic E-state index is 0.187. The number of para-hydroxylation sites is 1. The Labute approximate surface area is 202 Å². The molecule has 3 N–H and O–H groups in total. The highest BCUT2D eigenvalue weighted by Gasteiger charge is 2.27. The van der Waals surface area contributed by atoms with Gasteiger partial charge in [-0.15, -0.1) is 0 Å². The van der Waals surface area contributed by atoms with Crippen LogP contribution < -0.4 is 20.1 Å². The minimum Gasteiger partial charge on any atom is -0.495 e. The number of aryl methyl sites for hydroxylation is 2. The zero-order valence-electron chi connectivity index (χ0n) is 20.3. The van der Waals surface area contributed by atoms with Crippen molar-refractivity contribution in [3.63, 3.8) is 0 Å². The maximum atomic E-state index is 12.6. The van der Waals surface area contributed by atoms with E-state index in [-0.39, 0.29) is 16.8 Å². The van der Waals surface area contributed by atoms with Crippen molar-refractivity contribution in [1.29, 1.82) is 0 Å². The van der Waals surface area contributed by atoms with Gasteiger partial charge in [-0.05, 0) is 69.5 Å². The van der Waals surface area contributed by atoms with Gasteiger partial charge in [-0.1, -0.05) is 19.1 Å². The first kappa shape index (κ1) is 25.9. The Morgan fingerprint density at radius 3 is 2.47 bits per heavy atom. The summed E-state index contributed by atoms with van der Waals surface area (Å²) in [6.45, 7) is 8.89. The van der Waals surface area contributed by atoms with Crippen molar-refractivity contribution < 1.29 is 17.9 Å². The van der Waals surface area contributed by atoms with E-state index < -0.39 is 10.0 Å². The van der Waals surface area contributed by atoms with Gasteiger partial charge < -0.3 is 20.3 Å². The highest BCUT2D eigenvalue weighted by atomic mass is 32.2. The molecule has 0 atom stereocenters. The summed E-state index contributed by atoms with van der Waals surface area (Å²) >= 11 is 0. The number of urea groups is 1. The summed E-state index contributed by atoms with van der Waals surface area (Å²) in [5.74, 6) is 0.652. The summed E-state index contributed by atoms with van der Waals surface area (Å²) < 4.78 is 33.3. The number of aromatic nitrogens is 1. The number of hydrogen-bond donors (Lipinski definition) is 3. The van der Waals surface area contributed by atoms with Crippen LogP contribution in [-0.4, -0.2) is 64.2 Å². The fourth-order valence-electron chi connectivity index (χ4n) is 4.43. The Morgan fingerprint density at radius 2 is 1.85 bits per heavy atom. The van der Waals surface area contributed by atoms with E-state index in [4.69, 9.17) is 4.74 Å². The molecule has 1 saturated heterocycles. The van der Waals surface area contributed by atoms with E-state index in [0.29, 0.717) is 18.8 Å². The summed E-state index contributed by atoms with van der Waals surface area (Å²) in [5, 5.41) is 5.76. The Bertz CT molecular complexity index is 1080. The van der Waals surface area contributed by atoms with Crippen molar-refractivity contribution in [2.45, 2.75) is 44.4 Å². The average molecular weight is 490 g/mol. The van der Waals surface area contributed by atoms with Crippen LogP contribution in [0.4, 0.5) is 10.5 Å². The predicted molar refractivity (Wildman–Crippen MR) is 133 cm³/mol. The summed E-state index contributed by atoms with van der Waals surface area (Å²) in [6, 6.07) is 8.76. The minimum atomic E-state index is -3.61. The van der Waals surface area contributed by atoms with Crippen LogP contribution in [0.25, 0.3) is 0 Å². The largest absolute Gasteiger partial charge is 0.495 e. The van der Waals surface area contributed by atoms with Gasteiger partial charge in [0.05, 0.1) is 7.11 Å². The lowest BCUT2D eigenvalue weighted by atomic mass is 9.89. The normalized spacial score (nSPS) is 15.2. The standard InChI is InChI=1S/C24H35N5O4S/c1-5-26-34(31,32)22-8-6-7-21(23(22)33-4)19-9-12-29(13-10-19)14-11-25-24(30)28-20-15-17(2)27-18(3)16-20/h6-8,15-16,19,26H,5,9-14H2,1-4H3,(H2,25,27,28,30). The maximum absolute atomic E-state index is 12.6. The fourth-order valence-corrected chi connectivity index (χ4v) is 5.67. The van der Waals surface area contributed by atoms with Gasteiger partial charge >= 0.3 is 6.03 Å². The molecule has 0 saturated carbocycles. The van der Waals surface area contributed by atoms with Crippen molar-refractivity contribution >= 4 is 21.7 Å². The summed E-state index contributed by atoms with van der Waals surface area (Å²) in [6.07, 6.45) is 1.78. The lowest BCUT2D eigenvalue weighted by molar-refractivity contribution is 0.209. The van der Waals surface area contributed by atoms with E-state index in [2.05, 4.69) is 25.2 Å². The maximum Gasteiger partial charge on any atom is 0.319 e. The summed E-state index contributed by atoms with van der Waals surface area (Å²) in [7, 11) is -2.09. The third-order valence-corrected chi connectivity index (χ3v) is 7.49. The number of piperidine rings is 1. The Hall–Kier alpha value is -2.69. The van der Waals surface area contributed by atoms with Crippen molar-refractivity contribution in [2.24, 2.45) is 0 Å².